The molecule has 100 valence electrons. The minimum Gasteiger partial charge on any atom is -0.237 e. The number of hydrogen-bond acceptors (Lipinski definition) is 2. The third kappa shape index (κ3) is 2.45. The van der Waals surface area contributed by atoms with Gasteiger partial charge < -0.3 is 0 Å². The van der Waals surface area contributed by atoms with Gasteiger partial charge in [0.05, 0.1) is 5.69 Å². The second-order valence-electron chi connectivity index (χ2n) is 4.48. The Bertz CT molecular complexity index is 720. The number of aryl methyl sites for hydroxylation is 1. The minimum atomic E-state index is 0.716. The van der Waals surface area contributed by atoms with Crippen LogP contribution in [-0.2, 0) is 6.42 Å². The van der Waals surface area contributed by atoms with Crippen LogP contribution in [-0.4, -0.2) is 14.8 Å². The maximum Gasteiger partial charge on any atom is 0.153 e. The molecule has 0 amide bonds. The molecule has 0 atom stereocenters. The molecule has 3 rings (SSSR count). The summed E-state index contributed by atoms with van der Waals surface area (Å²) in [6.07, 6.45) is 2.67. The second kappa shape index (κ2) is 5.47. The van der Waals surface area contributed by atoms with Crippen molar-refractivity contribution < 1.29 is 0 Å². The third-order valence-corrected chi connectivity index (χ3v) is 3.37. The molecule has 0 saturated carbocycles. The van der Waals surface area contributed by atoms with Crippen molar-refractivity contribution in [2.75, 3.05) is 0 Å². The fourth-order valence-electron chi connectivity index (χ4n) is 2.14. The molecule has 0 aliphatic carbocycles. The summed E-state index contributed by atoms with van der Waals surface area (Å²) in [7, 11) is 0. The van der Waals surface area contributed by atoms with Crippen LogP contribution in [0.15, 0.2) is 54.7 Å². The summed E-state index contributed by atoms with van der Waals surface area (Å²) in [5.41, 5.74) is 3.05. The zero-order valence-electron chi connectivity index (χ0n) is 11.1. The lowest BCUT2D eigenvalue weighted by Crippen LogP contribution is -2.03. The molecule has 0 N–H and O–H groups in total. The average Bonchev–Trinajstić information content (AvgIpc) is 2.92. The Morgan fingerprint density at radius 3 is 2.70 bits per heavy atom. The van der Waals surface area contributed by atoms with Crippen LogP contribution in [0, 0.1) is 0 Å². The van der Waals surface area contributed by atoms with E-state index in [0.717, 1.165) is 29.2 Å². The number of aromatic nitrogens is 3. The van der Waals surface area contributed by atoms with Gasteiger partial charge in [-0.25, -0.2) is 9.67 Å². The highest BCUT2D eigenvalue weighted by molar-refractivity contribution is 6.30. The molecule has 20 heavy (non-hydrogen) atoms. The molecule has 4 heteroatoms. The molecular weight excluding hydrogens is 270 g/mol. The number of hydrogen-bond donors (Lipinski definition) is 0. The number of nitrogens with zero attached hydrogens (tertiary/aromatic N) is 3. The summed E-state index contributed by atoms with van der Waals surface area (Å²) in [6, 6.07) is 15.6. The lowest BCUT2D eigenvalue weighted by molar-refractivity contribution is 0.792. The van der Waals surface area contributed by atoms with E-state index in [9.17, 15) is 0 Å². The van der Waals surface area contributed by atoms with Crippen molar-refractivity contribution in [1.82, 2.24) is 14.8 Å². The molecule has 0 fully saturated rings. The smallest absolute Gasteiger partial charge is 0.153 e. The van der Waals surface area contributed by atoms with Gasteiger partial charge in [0, 0.05) is 22.5 Å². The molecule has 3 aromatic rings. The predicted molar refractivity (Wildman–Crippen MR) is 81.2 cm³/mol. The Hall–Kier alpha value is -2.13. The van der Waals surface area contributed by atoms with Crippen LogP contribution in [0.25, 0.3) is 17.1 Å². The van der Waals surface area contributed by atoms with Crippen molar-refractivity contribution >= 4 is 11.6 Å². The lowest BCUT2D eigenvalue weighted by atomic mass is 10.1. The summed E-state index contributed by atoms with van der Waals surface area (Å²) in [5.74, 6) is 0.831. The zero-order valence-corrected chi connectivity index (χ0v) is 11.9. The summed E-state index contributed by atoms with van der Waals surface area (Å²) < 4.78 is 1.89. The molecular formula is C16H14ClN3. The van der Waals surface area contributed by atoms with E-state index in [-0.39, 0.29) is 0 Å². The van der Waals surface area contributed by atoms with E-state index >= 15 is 0 Å². The average molecular weight is 284 g/mol. The van der Waals surface area contributed by atoms with Crippen molar-refractivity contribution in [3.63, 3.8) is 0 Å². The predicted octanol–water partition coefficient (Wildman–Crippen LogP) is 4.15. The molecule has 2 aromatic heterocycles. The van der Waals surface area contributed by atoms with E-state index in [1.54, 1.807) is 6.20 Å². The second-order valence-corrected chi connectivity index (χ2v) is 4.92. The van der Waals surface area contributed by atoms with Gasteiger partial charge in [-0.05, 0) is 36.8 Å². The zero-order chi connectivity index (χ0) is 13.9. The van der Waals surface area contributed by atoms with Gasteiger partial charge in [0.15, 0.2) is 5.82 Å². The van der Waals surface area contributed by atoms with Crippen LogP contribution in [0.1, 0.15) is 12.6 Å². The first kappa shape index (κ1) is 12.9. The Balaban J connectivity index is 2.10. The highest BCUT2D eigenvalue weighted by Crippen LogP contribution is 2.23. The topological polar surface area (TPSA) is 30.7 Å². The van der Waals surface area contributed by atoms with E-state index in [1.807, 2.05) is 47.1 Å². The standard InChI is InChI=1S/C16H14ClN3/c1-2-14-11-15(12-6-5-7-13(17)10-12)19-20(14)16-8-3-4-9-18-16/h3-11H,2H2,1H3. The van der Waals surface area contributed by atoms with Crippen LogP contribution in [0.3, 0.4) is 0 Å². The Kier molecular flexibility index (Phi) is 3.52. The van der Waals surface area contributed by atoms with Crippen LogP contribution >= 0.6 is 11.6 Å². The summed E-state index contributed by atoms with van der Waals surface area (Å²) >= 11 is 6.05. The van der Waals surface area contributed by atoms with Crippen LogP contribution in [0.4, 0.5) is 0 Å². The Morgan fingerprint density at radius 2 is 2.00 bits per heavy atom. The first-order valence-corrected chi connectivity index (χ1v) is 6.92. The van der Waals surface area contributed by atoms with Crippen molar-refractivity contribution in [2.45, 2.75) is 13.3 Å². The van der Waals surface area contributed by atoms with E-state index in [0.29, 0.717) is 5.02 Å². The van der Waals surface area contributed by atoms with E-state index in [4.69, 9.17) is 11.6 Å². The van der Waals surface area contributed by atoms with Gasteiger partial charge in [0.25, 0.3) is 0 Å². The SMILES string of the molecule is CCc1cc(-c2cccc(Cl)c2)nn1-c1ccccn1. The van der Waals surface area contributed by atoms with Crippen molar-refractivity contribution in [2.24, 2.45) is 0 Å². The quantitative estimate of drug-likeness (QED) is 0.723. The molecule has 0 radical (unpaired) electrons. The Labute approximate surface area is 122 Å². The number of benzene rings is 1. The maximum absolute atomic E-state index is 6.05. The fraction of sp³-hybridized carbons (Fsp3) is 0.125. The number of pyridine rings is 1. The van der Waals surface area contributed by atoms with Gasteiger partial charge in [-0.3, -0.25) is 0 Å². The molecule has 0 unspecified atom stereocenters. The fourth-order valence-corrected chi connectivity index (χ4v) is 2.33. The van der Waals surface area contributed by atoms with Crippen molar-refractivity contribution in [3.8, 4) is 17.1 Å². The highest BCUT2D eigenvalue weighted by atomic mass is 35.5. The molecule has 0 saturated heterocycles. The molecule has 2 heterocycles. The summed E-state index contributed by atoms with van der Waals surface area (Å²) in [4.78, 5) is 4.36. The van der Waals surface area contributed by atoms with Gasteiger partial charge >= 0.3 is 0 Å². The van der Waals surface area contributed by atoms with Gasteiger partial charge in [0.2, 0.25) is 0 Å². The lowest BCUT2D eigenvalue weighted by Gasteiger charge is -2.03. The largest absolute Gasteiger partial charge is 0.237 e. The van der Waals surface area contributed by atoms with Crippen LogP contribution in [0.5, 0.6) is 0 Å². The Morgan fingerprint density at radius 1 is 1.10 bits per heavy atom. The molecule has 0 bridgehead atoms. The molecule has 0 aliphatic heterocycles. The van der Waals surface area contributed by atoms with Crippen molar-refractivity contribution in [3.05, 3.63) is 65.4 Å². The first-order valence-electron chi connectivity index (χ1n) is 6.54. The van der Waals surface area contributed by atoms with Gasteiger partial charge in [-0.15, -0.1) is 0 Å². The van der Waals surface area contributed by atoms with Gasteiger partial charge in [-0.1, -0.05) is 36.7 Å². The van der Waals surface area contributed by atoms with Crippen LogP contribution < -0.4 is 0 Å². The van der Waals surface area contributed by atoms with E-state index < -0.39 is 0 Å². The van der Waals surface area contributed by atoms with E-state index in [2.05, 4.69) is 23.1 Å². The summed E-state index contributed by atoms with van der Waals surface area (Å²) in [5, 5.41) is 5.37. The monoisotopic (exact) mass is 283 g/mol. The number of halogens is 1. The normalized spacial score (nSPS) is 10.7. The first-order chi connectivity index (χ1) is 9.78. The van der Waals surface area contributed by atoms with E-state index in [1.165, 1.54) is 0 Å². The number of rotatable bonds is 3. The summed E-state index contributed by atoms with van der Waals surface area (Å²) in [6.45, 7) is 2.11. The molecule has 0 aliphatic rings. The van der Waals surface area contributed by atoms with Crippen molar-refractivity contribution in [1.29, 1.82) is 0 Å². The molecule has 1 aromatic carbocycles. The highest BCUT2D eigenvalue weighted by Gasteiger charge is 2.10. The van der Waals surface area contributed by atoms with Gasteiger partial charge in [-0.2, -0.15) is 5.10 Å². The maximum atomic E-state index is 6.05. The third-order valence-electron chi connectivity index (χ3n) is 3.13. The minimum absolute atomic E-state index is 0.716. The molecule has 3 nitrogen and oxygen atoms in total. The molecule has 0 spiro atoms. The van der Waals surface area contributed by atoms with Gasteiger partial charge in [0.1, 0.15) is 0 Å². The van der Waals surface area contributed by atoms with Crippen LogP contribution in [0.2, 0.25) is 5.02 Å².